The van der Waals surface area contributed by atoms with Crippen molar-refractivity contribution in [3.8, 4) is 0 Å². The highest BCUT2D eigenvalue weighted by Crippen LogP contribution is 1.94. The summed E-state index contributed by atoms with van der Waals surface area (Å²) in [6, 6.07) is 0.0694. The third kappa shape index (κ3) is 9.92. The number of nitrogens with two attached hydrogens (primary N) is 1. The van der Waals surface area contributed by atoms with E-state index in [9.17, 15) is 0 Å². The number of hydrogen-bond donors (Lipinski definition) is 1. The predicted molar refractivity (Wildman–Crippen MR) is 56.4 cm³/mol. The molecule has 0 aliphatic heterocycles. The van der Waals surface area contributed by atoms with Gasteiger partial charge in [-0.05, 0) is 20.3 Å². The lowest BCUT2D eigenvalue weighted by Gasteiger charge is -2.14. The van der Waals surface area contributed by atoms with Crippen LogP contribution in [-0.2, 0) is 14.2 Å². The third-order valence-electron chi connectivity index (χ3n) is 1.71. The molecule has 0 aliphatic carbocycles. The average molecular weight is 205 g/mol. The first-order valence-corrected chi connectivity index (χ1v) is 5.10. The van der Waals surface area contributed by atoms with E-state index >= 15 is 0 Å². The fourth-order valence-corrected chi connectivity index (χ4v) is 0.878. The molecule has 0 aliphatic rings. The molecule has 14 heavy (non-hydrogen) atoms. The van der Waals surface area contributed by atoms with Crippen molar-refractivity contribution in [3.63, 3.8) is 0 Å². The maximum absolute atomic E-state index is 5.80. The van der Waals surface area contributed by atoms with Crippen LogP contribution < -0.4 is 5.73 Å². The quantitative estimate of drug-likeness (QED) is 0.565. The van der Waals surface area contributed by atoms with E-state index in [1.54, 1.807) is 7.11 Å². The third-order valence-corrected chi connectivity index (χ3v) is 1.71. The zero-order valence-electron chi connectivity index (χ0n) is 9.49. The Balaban J connectivity index is 3.14. The van der Waals surface area contributed by atoms with Crippen LogP contribution >= 0.6 is 0 Å². The van der Waals surface area contributed by atoms with Gasteiger partial charge in [0.25, 0.3) is 0 Å². The molecule has 0 aromatic heterocycles. The first-order chi connectivity index (χ1) is 6.66. The fourth-order valence-electron chi connectivity index (χ4n) is 0.878. The Morgan fingerprint density at radius 3 is 2.43 bits per heavy atom. The molecule has 0 aromatic carbocycles. The number of ether oxygens (including phenoxy) is 3. The lowest BCUT2D eigenvalue weighted by molar-refractivity contribution is 0.0447. The summed E-state index contributed by atoms with van der Waals surface area (Å²) in [6.45, 7) is 6.55. The molecule has 2 N–H and O–H groups in total. The van der Waals surface area contributed by atoms with Crippen LogP contribution in [0.4, 0.5) is 0 Å². The SMILES string of the molecule is COCCOCCC(N)COC(C)C. The molecule has 4 nitrogen and oxygen atoms in total. The van der Waals surface area contributed by atoms with Gasteiger partial charge in [-0.2, -0.15) is 0 Å². The maximum Gasteiger partial charge on any atom is 0.0700 e. The molecule has 0 bridgehead atoms. The molecule has 0 spiro atoms. The van der Waals surface area contributed by atoms with E-state index in [0.717, 1.165) is 6.42 Å². The Kier molecular flexibility index (Phi) is 9.29. The van der Waals surface area contributed by atoms with Crippen LogP contribution in [0.2, 0.25) is 0 Å². The highest BCUT2D eigenvalue weighted by molar-refractivity contribution is 4.59. The van der Waals surface area contributed by atoms with Crippen molar-refractivity contribution in [2.75, 3.05) is 33.5 Å². The number of hydrogen-bond acceptors (Lipinski definition) is 4. The van der Waals surface area contributed by atoms with Gasteiger partial charge >= 0.3 is 0 Å². The molecule has 0 radical (unpaired) electrons. The van der Waals surface area contributed by atoms with Gasteiger partial charge in [-0.3, -0.25) is 0 Å². The highest BCUT2D eigenvalue weighted by atomic mass is 16.5. The normalized spacial score (nSPS) is 13.5. The molecule has 0 saturated carbocycles. The van der Waals surface area contributed by atoms with Gasteiger partial charge in [0, 0.05) is 19.8 Å². The Labute approximate surface area is 86.7 Å². The minimum Gasteiger partial charge on any atom is -0.382 e. The summed E-state index contributed by atoms with van der Waals surface area (Å²) in [5, 5.41) is 0. The second-order valence-corrected chi connectivity index (χ2v) is 3.54. The van der Waals surface area contributed by atoms with Crippen LogP contribution in [0.1, 0.15) is 20.3 Å². The van der Waals surface area contributed by atoms with Gasteiger partial charge in [-0.15, -0.1) is 0 Å². The first kappa shape index (κ1) is 13.8. The standard InChI is InChI=1S/C10H23NO3/c1-9(2)14-8-10(11)4-5-13-7-6-12-3/h9-10H,4-8,11H2,1-3H3. The van der Waals surface area contributed by atoms with Crippen LogP contribution in [0.5, 0.6) is 0 Å². The monoisotopic (exact) mass is 205 g/mol. The largest absolute Gasteiger partial charge is 0.382 e. The molecule has 0 saturated heterocycles. The van der Waals surface area contributed by atoms with Gasteiger partial charge < -0.3 is 19.9 Å². The smallest absolute Gasteiger partial charge is 0.0700 e. The molecular weight excluding hydrogens is 182 g/mol. The van der Waals surface area contributed by atoms with E-state index in [2.05, 4.69) is 0 Å². The molecule has 0 rings (SSSR count). The zero-order chi connectivity index (χ0) is 10.8. The fraction of sp³-hybridized carbons (Fsp3) is 1.00. The molecule has 0 aromatic rings. The Bertz CT molecular complexity index is 120. The molecular formula is C10H23NO3. The van der Waals surface area contributed by atoms with E-state index in [1.807, 2.05) is 13.8 Å². The van der Waals surface area contributed by atoms with Gasteiger partial charge in [-0.25, -0.2) is 0 Å². The van der Waals surface area contributed by atoms with Crippen LogP contribution in [-0.4, -0.2) is 45.7 Å². The molecule has 0 amide bonds. The summed E-state index contributed by atoms with van der Waals surface area (Å²) >= 11 is 0. The van der Waals surface area contributed by atoms with Crippen molar-refractivity contribution in [2.45, 2.75) is 32.4 Å². The van der Waals surface area contributed by atoms with Crippen LogP contribution in [0.25, 0.3) is 0 Å². The van der Waals surface area contributed by atoms with Crippen LogP contribution in [0, 0.1) is 0 Å². The number of rotatable bonds is 9. The Hall–Kier alpha value is -0.160. The molecule has 1 unspecified atom stereocenters. The van der Waals surface area contributed by atoms with Crippen molar-refractivity contribution in [1.29, 1.82) is 0 Å². The topological polar surface area (TPSA) is 53.7 Å². The summed E-state index contributed by atoms with van der Waals surface area (Å²) < 4.78 is 15.5. The van der Waals surface area contributed by atoms with E-state index in [1.165, 1.54) is 0 Å². The lowest BCUT2D eigenvalue weighted by Crippen LogP contribution is -2.29. The van der Waals surface area contributed by atoms with Crippen molar-refractivity contribution in [3.05, 3.63) is 0 Å². The number of methoxy groups -OCH3 is 1. The van der Waals surface area contributed by atoms with Crippen LogP contribution in [0.3, 0.4) is 0 Å². The summed E-state index contributed by atoms with van der Waals surface area (Å²) in [4.78, 5) is 0. The summed E-state index contributed by atoms with van der Waals surface area (Å²) in [5.41, 5.74) is 5.80. The summed E-state index contributed by atoms with van der Waals surface area (Å²) in [5.74, 6) is 0. The predicted octanol–water partition coefficient (Wildman–Crippen LogP) is 0.792. The molecule has 0 heterocycles. The maximum atomic E-state index is 5.80. The first-order valence-electron chi connectivity index (χ1n) is 5.10. The van der Waals surface area contributed by atoms with Crippen molar-refractivity contribution in [2.24, 2.45) is 5.73 Å². The van der Waals surface area contributed by atoms with Gasteiger partial charge in [-0.1, -0.05) is 0 Å². The minimum atomic E-state index is 0.0694. The lowest BCUT2D eigenvalue weighted by atomic mass is 10.2. The highest BCUT2D eigenvalue weighted by Gasteiger charge is 2.03. The molecule has 0 fully saturated rings. The van der Waals surface area contributed by atoms with Gasteiger partial charge in [0.15, 0.2) is 0 Å². The zero-order valence-corrected chi connectivity index (χ0v) is 9.49. The van der Waals surface area contributed by atoms with Gasteiger partial charge in [0.2, 0.25) is 0 Å². The second kappa shape index (κ2) is 9.40. The van der Waals surface area contributed by atoms with Crippen molar-refractivity contribution < 1.29 is 14.2 Å². The minimum absolute atomic E-state index is 0.0694. The van der Waals surface area contributed by atoms with Crippen molar-refractivity contribution in [1.82, 2.24) is 0 Å². The molecule has 86 valence electrons. The van der Waals surface area contributed by atoms with E-state index in [-0.39, 0.29) is 12.1 Å². The Morgan fingerprint density at radius 2 is 1.86 bits per heavy atom. The van der Waals surface area contributed by atoms with Crippen molar-refractivity contribution >= 4 is 0 Å². The average Bonchev–Trinajstić information content (AvgIpc) is 2.14. The van der Waals surface area contributed by atoms with E-state index in [4.69, 9.17) is 19.9 Å². The molecule has 4 heteroatoms. The van der Waals surface area contributed by atoms with Gasteiger partial charge in [0.1, 0.15) is 0 Å². The second-order valence-electron chi connectivity index (χ2n) is 3.54. The molecule has 1 atom stereocenters. The summed E-state index contributed by atoms with van der Waals surface area (Å²) in [7, 11) is 1.66. The van der Waals surface area contributed by atoms with E-state index < -0.39 is 0 Å². The van der Waals surface area contributed by atoms with E-state index in [0.29, 0.717) is 26.4 Å². The van der Waals surface area contributed by atoms with Gasteiger partial charge in [0.05, 0.1) is 25.9 Å². The summed E-state index contributed by atoms with van der Waals surface area (Å²) in [6.07, 6.45) is 1.08. The Morgan fingerprint density at radius 1 is 1.14 bits per heavy atom. The van der Waals surface area contributed by atoms with Crippen LogP contribution in [0.15, 0.2) is 0 Å².